The summed E-state index contributed by atoms with van der Waals surface area (Å²) in [5.74, 6) is 2.51. The number of ether oxygens (including phenoxy) is 1. The van der Waals surface area contributed by atoms with Gasteiger partial charge in [0.2, 0.25) is 0 Å². The molecule has 0 aliphatic heterocycles. The summed E-state index contributed by atoms with van der Waals surface area (Å²) in [5, 5.41) is 0. The van der Waals surface area contributed by atoms with Crippen LogP contribution in [0.1, 0.15) is 46.5 Å². The van der Waals surface area contributed by atoms with Crippen molar-refractivity contribution >= 4 is 0 Å². The number of methoxy groups -OCH3 is 1. The van der Waals surface area contributed by atoms with Crippen molar-refractivity contribution in [3.63, 3.8) is 0 Å². The number of rotatable bonds is 3. The average Bonchev–Trinajstić information content (AvgIpc) is 2.16. The molecule has 1 aliphatic rings. The Kier molecular flexibility index (Phi) is 4.24. The molecule has 0 aromatic rings. The normalized spacial score (nSPS) is 37.4. The molecule has 1 unspecified atom stereocenters. The van der Waals surface area contributed by atoms with Crippen molar-refractivity contribution < 1.29 is 4.74 Å². The maximum atomic E-state index is 5.60. The van der Waals surface area contributed by atoms with Gasteiger partial charge >= 0.3 is 0 Å². The molecule has 78 valence electrons. The highest BCUT2D eigenvalue weighted by molar-refractivity contribution is 4.81. The molecule has 0 aromatic carbocycles. The van der Waals surface area contributed by atoms with E-state index in [1.807, 2.05) is 7.11 Å². The molecule has 0 radical (unpaired) electrons. The molecule has 0 saturated heterocycles. The van der Waals surface area contributed by atoms with E-state index < -0.39 is 0 Å². The van der Waals surface area contributed by atoms with Gasteiger partial charge in [0.05, 0.1) is 6.10 Å². The molecule has 1 nitrogen and oxygen atoms in total. The van der Waals surface area contributed by atoms with E-state index in [2.05, 4.69) is 20.8 Å². The second-order valence-electron chi connectivity index (χ2n) is 4.74. The molecule has 1 fully saturated rings. The lowest BCUT2D eigenvalue weighted by Gasteiger charge is -2.37. The topological polar surface area (TPSA) is 9.23 Å². The van der Waals surface area contributed by atoms with Crippen molar-refractivity contribution in [1.29, 1.82) is 0 Å². The van der Waals surface area contributed by atoms with Crippen LogP contribution in [-0.4, -0.2) is 13.2 Å². The standard InChI is InChI=1S/C12H24O/c1-5-10(3)11-7-6-9(2)8-12(11)13-4/h9-12H,5-8H2,1-4H3/t9-,10?,11+,12-/m1/s1. The molecule has 1 saturated carbocycles. The Labute approximate surface area is 82.9 Å². The Bertz CT molecular complexity index is 144. The van der Waals surface area contributed by atoms with Crippen LogP contribution >= 0.6 is 0 Å². The van der Waals surface area contributed by atoms with Crippen LogP contribution in [0.15, 0.2) is 0 Å². The van der Waals surface area contributed by atoms with Crippen LogP contribution in [0.2, 0.25) is 0 Å². The fraction of sp³-hybridized carbons (Fsp3) is 1.00. The Morgan fingerprint density at radius 1 is 1.38 bits per heavy atom. The number of hydrogen-bond acceptors (Lipinski definition) is 1. The van der Waals surface area contributed by atoms with E-state index in [-0.39, 0.29) is 0 Å². The van der Waals surface area contributed by atoms with Crippen LogP contribution in [0, 0.1) is 17.8 Å². The minimum Gasteiger partial charge on any atom is -0.381 e. The zero-order valence-electron chi connectivity index (χ0n) is 9.55. The molecule has 4 atom stereocenters. The van der Waals surface area contributed by atoms with E-state index in [0.29, 0.717) is 6.10 Å². The van der Waals surface area contributed by atoms with Gasteiger partial charge in [-0.3, -0.25) is 0 Å². The Hall–Kier alpha value is -0.0400. The van der Waals surface area contributed by atoms with Gasteiger partial charge in [-0.25, -0.2) is 0 Å². The lowest BCUT2D eigenvalue weighted by atomic mass is 9.74. The molecule has 1 aliphatic carbocycles. The Morgan fingerprint density at radius 2 is 2.08 bits per heavy atom. The van der Waals surface area contributed by atoms with Crippen LogP contribution in [0.3, 0.4) is 0 Å². The summed E-state index contributed by atoms with van der Waals surface area (Å²) in [4.78, 5) is 0. The van der Waals surface area contributed by atoms with Crippen LogP contribution in [0.5, 0.6) is 0 Å². The van der Waals surface area contributed by atoms with Crippen molar-refractivity contribution in [1.82, 2.24) is 0 Å². The minimum atomic E-state index is 0.527. The molecule has 0 aromatic heterocycles. The summed E-state index contributed by atoms with van der Waals surface area (Å²) in [6.07, 6.45) is 5.85. The predicted octanol–water partition coefficient (Wildman–Crippen LogP) is 3.48. The van der Waals surface area contributed by atoms with Crippen LogP contribution in [-0.2, 0) is 4.74 Å². The predicted molar refractivity (Wildman–Crippen MR) is 56.8 cm³/mol. The van der Waals surface area contributed by atoms with Crippen molar-refractivity contribution in [2.75, 3.05) is 7.11 Å². The smallest absolute Gasteiger partial charge is 0.0604 e. The second kappa shape index (κ2) is 4.99. The van der Waals surface area contributed by atoms with Gasteiger partial charge in [-0.2, -0.15) is 0 Å². The maximum absolute atomic E-state index is 5.60. The fourth-order valence-corrected chi connectivity index (χ4v) is 2.58. The second-order valence-corrected chi connectivity index (χ2v) is 4.74. The Balaban J connectivity index is 2.52. The van der Waals surface area contributed by atoms with Crippen molar-refractivity contribution in [2.24, 2.45) is 17.8 Å². The average molecular weight is 184 g/mol. The molecule has 0 amide bonds. The first-order valence-electron chi connectivity index (χ1n) is 5.71. The van der Waals surface area contributed by atoms with Crippen molar-refractivity contribution in [3.05, 3.63) is 0 Å². The highest BCUT2D eigenvalue weighted by Crippen LogP contribution is 2.36. The van der Waals surface area contributed by atoms with E-state index >= 15 is 0 Å². The first kappa shape index (κ1) is 11.0. The van der Waals surface area contributed by atoms with E-state index in [4.69, 9.17) is 4.74 Å². The van der Waals surface area contributed by atoms with Gasteiger partial charge < -0.3 is 4.74 Å². The van der Waals surface area contributed by atoms with Gasteiger partial charge in [0.1, 0.15) is 0 Å². The highest BCUT2D eigenvalue weighted by Gasteiger charge is 2.31. The zero-order valence-corrected chi connectivity index (χ0v) is 9.55. The summed E-state index contributed by atoms with van der Waals surface area (Å²) in [6.45, 7) is 7.00. The van der Waals surface area contributed by atoms with Gasteiger partial charge in [0, 0.05) is 7.11 Å². The molecular weight excluding hydrogens is 160 g/mol. The largest absolute Gasteiger partial charge is 0.381 e. The molecular formula is C12H24O. The summed E-state index contributed by atoms with van der Waals surface area (Å²) >= 11 is 0. The van der Waals surface area contributed by atoms with Crippen molar-refractivity contribution in [2.45, 2.75) is 52.6 Å². The maximum Gasteiger partial charge on any atom is 0.0604 e. The summed E-state index contributed by atoms with van der Waals surface area (Å²) in [7, 11) is 1.87. The molecule has 1 rings (SSSR count). The summed E-state index contributed by atoms with van der Waals surface area (Å²) in [6, 6.07) is 0. The monoisotopic (exact) mass is 184 g/mol. The lowest BCUT2D eigenvalue weighted by molar-refractivity contribution is -0.0135. The van der Waals surface area contributed by atoms with Crippen LogP contribution in [0.25, 0.3) is 0 Å². The van der Waals surface area contributed by atoms with E-state index in [9.17, 15) is 0 Å². The quantitative estimate of drug-likeness (QED) is 0.652. The highest BCUT2D eigenvalue weighted by atomic mass is 16.5. The van der Waals surface area contributed by atoms with Gasteiger partial charge in [-0.15, -0.1) is 0 Å². The third-order valence-electron chi connectivity index (χ3n) is 3.78. The van der Waals surface area contributed by atoms with E-state index in [1.165, 1.54) is 25.7 Å². The molecule has 0 N–H and O–H groups in total. The van der Waals surface area contributed by atoms with Gasteiger partial charge in [-0.05, 0) is 30.6 Å². The third kappa shape index (κ3) is 2.70. The van der Waals surface area contributed by atoms with Gasteiger partial charge in [0.15, 0.2) is 0 Å². The number of hydrogen-bond donors (Lipinski definition) is 0. The van der Waals surface area contributed by atoms with Crippen molar-refractivity contribution in [3.8, 4) is 0 Å². The first-order valence-corrected chi connectivity index (χ1v) is 5.71. The molecule has 0 heterocycles. The van der Waals surface area contributed by atoms with Crippen LogP contribution < -0.4 is 0 Å². The van der Waals surface area contributed by atoms with Gasteiger partial charge in [-0.1, -0.05) is 33.6 Å². The summed E-state index contributed by atoms with van der Waals surface area (Å²) in [5.41, 5.74) is 0. The fourth-order valence-electron chi connectivity index (χ4n) is 2.58. The zero-order chi connectivity index (χ0) is 9.84. The molecule has 0 spiro atoms. The molecule has 13 heavy (non-hydrogen) atoms. The molecule has 1 heteroatoms. The first-order chi connectivity index (χ1) is 6.19. The van der Waals surface area contributed by atoms with E-state index in [1.54, 1.807) is 0 Å². The lowest BCUT2D eigenvalue weighted by Crippen LogP contribution is -2.34. The van der Waals surface area contributed by atoms with Gasteiger partial charge in [0.25, 0.3) is 0 Å². The minimum absolute atomic E-state index is 0.527. The third-order valence-corrected chi connectivity index (χ3v) is 3.78. The Morgan fingerprint density at radius 3 is 2.62 bits per heavy atom. The van der Waals surface area contributed by atoms with E-state index in [0.717, 1.165) is 17.8 Å². The van der Waals surface area contributed by atoms with Crippen LogP contribution in [0.4, 0.5) is 0 Å². The SMILES string of the molecule is CCC(C)[C@@H]1CC[C@@H](C)C[C@H]1OC. The molecule has 0 bridgehead atoms. The summed E-state index contributed by atoms with van der Waals surface area (Å²) < 4.78 is 5.60.